The minimum absolute atomic E-state index is 0. The van der Waals surface area contributed by atoms with Crippen LogP contribution in [0.1, 0.15) is 382 Å². The predicted octanol–water partition coefficient (Wildman–Crippen LogP) is 12.1. The molecular formula is C85H156N4Na2O20P2. The molecule has 0 bridgehead atoms. The van der Waals surface area contributed by atoms with Gasteiger partial charge in [0.2, 0.25) is 23.6 Å². The number of Topliss-reactive ketones (excluding diaryl/α,β-unsaturated/α-hetero) is 2. The van der Waals surface area contributed by atoms with E-state index in [9.17, 15) is 57.3 Å². The second-order valence-corrected chi connectivity index (χ2v) is 32.8. The van der Waals surface area contributed by atoms with Gasteiger partial charge in [-0.2, -0.15) is 0 Å². The van der Waals surface area contributed by atoms with E-state index in [2.05, 4.69) is 87.1 Å². The maximum atomic E-state index is 13.2. The van der Waals surface area contributed by atoms with Crippen molar-refractivity contribution in [3.05, 3.63) is 24.3 Å². The SMILES string of the molecule is CCCCCC/C=C\CCCC(=O)O[C@H](CCCCCCC)CCOC[C@H](COP(=O)([O-])OCCNC(=O)CC(=O)NCCOP(=O)([O-])OC[C@@H](COCC[C@@H](CCCCCCC)OC(=O)CCC/C=C\CCCCCC)NC(=O)CC(=O)CCCCCCCCCCC)NC(=O)CC(=O)CCCCCCCCCCC.[Na+].[Na+]. The number of unbranched alkanes of at least 4 members (excludes halogenated alkanes) is 34. The first-order valence-corrected chi connectivity index (χ1v) is 46.8. The van der Waals surface area contributed by atoms with Gasteiger partial charge in [0.25, 0.3) is 15.6 Å². The van der Waals surface area contributed by atoms with E-state index >= 15 is 0 Å². The minimum atomic E-state index is -5.08. The molecule has 6 atom stereocenters. The van der Waals surface area contributed by atoms with Gasteiger partial charge < -0.3 is 68.1 Å². The molecule has 0 fully saturated rings. The Hall–Kier alpha value is -2.22. The third kappa shape index (κ3) is 80.6. The Morgan fingerprint density at radius 3 is 0.938 bits per heavy atom. The van der Waals surface area contributed by atoms with Crippen LogP contribution in [0.15, 0.2) is 24.3 Å². The zero-order valence-corrected chi connectivity index (χ0v) is 78.0. The Balaban J connectivity index is -0.0000605. The van der Waals surface area contributed by atoms with E-state index in [-0.39, 0.29) is 148 Å². The van der Waals surface area contributed by atoms with Crippen molar-refractivity contribution in [3.8, 4) is 0 Å². The van der Waals surface area contributed by atoms with Crippen LogP contribution in [0, 0.1) is 0 Å². The molecule has 0 radical (unpaired) electrons. The van der Waals surface area contributed by atoms with Gasteiger partial charge in [0.15, 0.2) is 0 Å². The average molecular weight is 1660 g/mol. The number of carbonyl (C=O) groups excluding carboxylic acids is 8. The van der Waals surface area contributed by atoms with Crippen molar-refractivity contribution >= 4 is 62.8 Å². The Bertz CT molecular complexity index is 2340. The van der Waals surface area contributed by atoms with Gasteiger partial charge in [-0.25, -0.2) is 0 Å². The first kappa shape index (κ1) is 115. The molecule has 0 saturated heterocycles. The molecule has 0 aromatic carbocycles. The number of amides is 4. The van der Waals surface area contributed by atoms with Crippen molar-refractivity contribution in [2.75, 3.05) is 65.9 Å². The smallest absolute Gasteiger partial charge is 0.756 e. The molecule has 0 aliphatic heterocycles. The summed E-state index contributed by atoms with van der Waals surface area (Å²) >= 11 is 0. The summed E-state index contributed by atoms with van der Waals surface area (Å²) in [5, 5.41) is 10.1. The summed E-state index contributed by atoms with van der Waals surface area (Å²) in [5.74, 6) is -3.98. The molecule has 2 unspecified atom stereocenters. The maximum absolute atomic E-state index is 13.2. The monoisotopic (exact) mass is 1660 g/mol. The number of rotatable bonds is 84. The van der Waals surface area contributed by atoms with Crippen LogP contribution in [0.5, 0.6) is 0 Å². The van der Waals surface area contributed by atoms with Crippen molar-refractivity contribution < 1.29 is 153 Å². The Kier molecular flexibility index (Phi) is 84.9. The molecule has 4 N–H and O–H groups in total. The number of ketones is 2. The van der Waals surface area contributed by atoms with Crippen LogP contribution < -0.4 is 90.2 Å². The molecule has 24 nitrogen and oxygen atoms in total. The van der Waals surface area contributed by atoms with Crippen LogP contribution in [0.3, 0.4) is 0 Å². The van der Waals surface area contributed by atoms with Crippen molar-refractivity contribution in [2.45, 2.75) is 406 Å². The van der Waals surface area contributed by atoms with E-state index in [1.165, 1.54) is 89.9 Å². The molecule has 0 aliphatic rings. The van der Waals surface area contributed by atoms with Crippen LogP contribution in [0.4, 0.5) is 0 Å². The first-order chi connectivity index (χ1) is 53.7. The van der Waals surface area contributed by atoms with Gasteiger partial charge in [-0.05, 0) is 89.9 Å². The summed E-state index contributed by atoms with van der Waals surface area (Å²) in [6.07, 6.45) is 53.3. The Morgan fingerprint density at radius 1 is 0.319 bits per heavy atom. The molecule has 0 spiro atoms. The normalized spacial score (nSPS) is 13.6. The van der Waals surface area contributed by atoms with Gasteiger partial charge in [0, 0.05) is 51.6 Å². The molecule has 0 saturated carbocycles. The molecule has 113 heavy (non-hydrogen) atoms. The number of esters is 2. The van der Waals surface area contributed by atoms with Crippen molar-refractivity contribution in [1.29, 1.82) is 0 Å². The van der Waals surface area contributed by atoms with E-state index in [1.54, 1.807) is 0 Å². The maximum Gasteiger partial charge on any atom is 1.00 e. The molecule has 0 rings (SSSR count). The fraction of sp³-hybridized carbons (Fsp3) is 0.859. The van der Waals surface area contributed by atoms with Crippen LogP contribution >= 0.6 is 15.6 Å². The number of allylic oxidation sites excluding steroid dienone is 4. The van der Waals surface area contributed by atoms with Gasteiger partial charge in [0.1, 0.15) is 30.2 Å². The molecule has 0 aromatic heterocycles. The van der Waals surface area contributed by atoms with E-state index in [0.29, 0.717) is 51.4 Å². The van der Waals surface area contributed by atoms with Gasteiger partial charge in [-0.3, -0.25) is 47.5 Å². The molecule has 648 valence electrons. The summed E-state index contributed by atoms with van der Waals surface area (Å²) < 4.78 is 70.2. The topological polar surface area (TPSA) is 339 Å². The molecular weight excluding hydrogens is 1500 g/mol. The van der Waals surface area contributed by atoms with Crippen LogP contribution in [0.2, 0.25) is 0 Å². The van der Waals surface area contributed by atoms with Crippen molar-refractivity contribution in [3.63, 3.8) is 0 Å². The molecule has 28 heteroatoms. The molecule has 0 aromatic rings. The van der Waals surface area contributed by atoms with E-state index in [0.717, 1.165) is 154 Å². The van der Waals surface area contributed by atoms with Crippen LogP contribution in [-0.4, -0.2) is 137 Å². The van der Waals surface area contributed by atoms with E-state index in [4.69, 9.17) is 37.0 Å². The van der Waals surface area contributed by atoms with Gasteiger partial charge in [0.05, 0.1) is 77.8 Å². The molecule has 0 heterocycles. The average Bonchev–Trinajstić information content (AvgIpc) is 0.908. The predicted molar refractivity (Wildman–Crippen MR) is 437 cm³/mol. The fourth-order valence-electron chi connectivity index (χ4n) is 12.4. The number of hydrogen-bond donors (Lipinski definition) is 4. The van der Waals surface area contributed by atoms with Gasteiger partial charge in [-0.1, -0.05) is 258 Å². The zero-order valence-electron chi connectivity index (χ0n) is 72.2. The second kappa shape index (κ2) is 83.4. The first-order valence-electron chi connectivity index (χ1n) is 43.9. The molecule has 4 amide bonds. The van der Waals surface area contributed by atoms with E-state index < -0.39 is 109 Å². The Morgan fingerprint density at radius 2 is 0.611 bits per heavy atom. The number of phosphoric acid groups is 2. The number of hydrogen-bond acceptors (Lipinski definition) is 20. The van der Waals surface area contributed by atoms with Crippen LogP contribution in [-0.2, 0) is 84.5 Å². The van der Waals surface area contributed by atoms with Crippen LogP contribution in [0.25, 0.3) is 0 Å². The number of nitrogens with one attached hydrogen (secondary N) is 4. The zero-order chi connectivity index (χ0) is 81.8. The standard InChI is InChI=1S/C85H158N4O20P2.2Na/c1-7-13-19-25-29-33-37-43-47-53-76(90)67-82(94)88-74(70-102-63-59-78(55-49-41-23-17-11-5)108-84(96)57-51-45-39-35-31-27-21-15-9-3)72-106-110(98,99)104-65-61-86-80(92)69-81(93)87-62-66-105-111(100,101)107-73-75(89-83(95)68-77(91)54-48-44-38-34-30-26-20-14-8-2)71-103-64-60-79(56-50-42-24-18-12-6)109-85(97)58-52-46-40-36-32-28-22-16-10-4;;/h35-36,39-40,74-75,78-79H,7-34,37-38,41-73H2,1-6H3,(H,86,92)(H,87,93)(H,88,94)(H,89,95)(H,98,99)(H,100,101);;/q;2*+1/p-2/b39-35-,40-36-;;/t74-,75-,78-,79-;;/m1../s1. The number of carbonyl (C=O) groups is 8. The van der Waals surface area contributed by atoms with Crippen molar-refractivity contribution in [2.24, 2.45) is 0 Å². The fourth-order valence-corrected chi connectivity index (χ4v) is 14.0. The van der Waals surface area contributed by atoms with Gasteiger partial charge in [-0.15, -0.1) is 0 Å². The van der Waals surface area contributed by atoms with E-state index in [1.807, 2.05) is 0 Å². The summed E-state index contributed by atoms with van der Waals surface area (Å²) in [6, 6.07) is -2.09. The van der Waals surface area contributed by atoms with Crippen molar-refractivity contribution in [1.82, 2.24) is 21.3 Å². The third-order valence-corrected chi connectivity index (χ3v) is 21.0. The Labute approximate surface area is 728 Å². The summed E-state index contributed by atoms with van der Waals surface area (Å²) in [4.78, 5) is 130. The summed E-state index contributed by atoms with van der Waals surface area (Å²) in [6.45, 7) is 9.63. The second-order valence-electron chi connectivity index (χ2n) is 29.9. The quantitative estimate of drug-likeness (QED) is 0.0110. The number of ether oxygens (including phenoxy) is 4. The van der Waals surface area contributed by atoms with Gasteiger partial charge >= 0.3 is 71.1 Å². The summed E-state index contributed by atoms with van der Waals surface area (Å²) in [5.41, 5.74) is 0. The number of phosphoric ester groups is 2. The summed E-state index contributed by atoms with van der Waals surface area (Å²) in [7, 11) is -10.2. The third-order valence-electron chi connectivity index (χ3n) is 19.0. The largest absolute Gasteiger partial charge is 1.00 e. The molecule has 0 aliphatic carbocycles. The minimum Gasteiger partial charge on any atom is -0.756 e.